The van der Waals surface area contributed by atoms with E-state index in [0.717, 1.165) is 0 Å². The molecule has 16 heavy (non-hydrogen) atoms. The summed E-state index contributed by atoms with van der Waals surface area (Å²) in [5.41, 5.74) is 0. The van der Waals surface area contributed by atoms with Gasteiger partial charge in [0.25, 0.3) is 0 Å². The molecule has 1 N–H and O–H groups in total. The number of aliphatic hydroxyl groups excluding tert-OH is 1. The van der Waals surface area contributed by atoms with E-state index in [1.807, 2.05) is 0 Å². The quantitative estimate of drug-likeness (QED) is 0.727. The van der Waals surface area contributed by atoms with Gasteiger partial charge in [0.2, 0.25) is 0 Å². The predicted molar refractivity (Wildman–Crippen MR) is 35.9 cm³/mol. The molecule has 0 fully saturated rings. The molecule has 2 amide bonds. The van der Waals surface area contributed by atoms with Crippen molar-refractivity contribution in [3.8, 4) is 0 Å². The normalized spacial score (nSPS) is 12.4. The third kappa shape index (κ3) is 3.68. The van der Waals surface area contributed by atoms with Crippen molar-refractivity contribution in [2.24, 2.45) is 0 Å². The van der Waals surface area contributed by atoms with Crippen molar-refractivity contribution in [1.82, 2.24) is 4.90 Å². The summed E-state index contributed by atoms with van der Waals surface area (Å²) >= 11 is 0. The van der Waals surface area contributed by atoms with Gasteiger partial charge in [0, 0.05) is 0 Å². The molecular formula is C6H5F6NO3. The highest BCUT2D eigenvalue weighted by molar-refractivity contribution is 6.00. The second kappa shape index (κ2) is 4.68. The molecule has 94 valence electrons. The standard InChI is InChI=1S/C6H5F6NO3/c7-5(8,9)3(15)13(1-2-14)4(16)6(10,11)12/h14H,1-2H2. The van der Waals surface area contributed by atoms with E-state index in [-0.39, 0.29) is 0 Å². The van der Waals surface area contributed by atoms with Crippen LogP contribution in [0.15, 0.2) is 0 Å². The molecule has 0 saturated carbocycles. The van der Waals surface area contributed by atoms with E-state index in [0.29, 0.717) is 0 Å². The average Bonchev–Trinajstić information content (AvgIpc) is 2.09. The molecule has 0 rings (SSSR count). The van der Waals surface area contributed by atoms with Gasteiger partial charge in [-0.05, 0) is 0 Å². The van der Waals surface area contributed by atoms with E-state index in [2.05, 4.69) is 0 Å². The molecule has 0 aliphatic carbocycles. The zero-order valence-corrected chi connectivity index (χ0v) is 7.39. The summed E-state index contributed by atoms with van der Waals surface area (Å²) in [5.74, 6) is -5.94. The van der Waals surface area contributed by atoms with E-state index in [4.69, 9.17) is 5.11 Å². The van der Waals surface area contributed by atoms with Gasteiger partial charge in [-0.3, -0.25) is 14.5 Å². The third-order valence-corrected chi connectivity index (χ3v) is 1.30. The van der Waals surface area contributed by atoms with E-state index < -0.39 is 42.2 Å². The average molecular weight is 253 g/mol. The Balaban J connectivity index is 5.03. The zero-order valence-electron chi connectivity index (χ0n) is 7.39. The number of alkyl halides is 6. The van der Waals surface area contributed by atoms with Gasteiger partial charge in [0.15, 0.2) is 0 Å². The number of carbonyl (C=O) groups excluding carboxylic acids is 2. The minimum absolute atomic E-state index is 1.10. The number of hydrogen-bond acceptors (Lipinski definition) is 3. The van der Waals surface area contributed by atoms with Crippen molar-refractivity contribution in [3.63, 3.8) is 0 Å². The van der Waals surface area contributed by atoms with Crippen molar-refractivity contribution < 1.29 is 41.0 Å². The predicted octanol–water partition coefficient (Wildman–Crippen LogP) is 0.458. The van der Waals surface area contributed by atoms with Crippen LogP contribution in [-0.2, 0) is 9.59 Å². The fourth-order valence-electron chi connectivity index (χ4n) is 0.701. The molecule has 4 nitrogen and oxygen atoms in total. The van der Waals surface area contributed by atoms with E-state index in [1.165, 1.54) is 0 Å². The lowest BCUT2D eigenvalue weighted by Crippen LogP contribution is -2.51. The van der Waals surface area contributed by atoms with Crippen molar-refractivity contribution in [1.29, 1.82) is 0 Å². The van der Waals surface area contributed by atoms with Gasteiger partial charge < -0.3 is 5.11 Å². The van der Waals surface area contributed by atoms with Crippen molar-refractivity contribution in [2.75, 3.05) is 13.2 Å². The molecule has 0 bridgehead atoms. The number of aliphatic hydroxyl groups is 1. The summed E-state index contributed by atoms with van der Waals surface area (Å²) in [4.78, 5) is 19.7. The maximum Gasteiger partial charge on any atom is 0.471 e. The first kappa shape index (κ1) is 14.7. The highest BCUT2D eigenvalue weighted by atomic mass is 19.4. The summed E-state index contributed by atoms with van der Waals surface area (Å²) in [6.45, 7) is -2.58. The molecule has 0 aliphatic heterocycles. The minimum Gasteiger partial charge on any atom is -0.395 e. The van der Waals surface area contributed by atoms with Crippen molar-refractivity contribution >= 4 is 11.8 Å². The maximum absolute atomic E-state index is 11.8. The van der Waals surface area contributed by atoms with E-state index in [1.54, 1.807) is 0 Å². The number of imide groups is 1. The summed E-state index contributed by atoms with van der Waals surface area (Å²) in [6.07, 6.45) is -11.2. The van der Waals surface area contributed by atoms with Crippen LogP contribution in [0.1, 0.15) is 0 Å². The Morgan fingerprint density at radius 3 is 1.44 bits per heavy atom. The Kier molecular flexibility index (Phi) is 4.29. The molecule has 0 aliphatic rings. The first-order chi connectivity index (χ1) is 7.01. The number of rotatable bonds is 2. The molecule has 0 aromatic rings. The molecule has 10 heteroatoms. The second-order valence-corrected chi connectivity index (χ2v) is 2.48. The van der Waals surface area contributed by atoms with Gasteiger partial charge in [-0.15, -0.1) is 0 Å². The minimum atomic E-state index is -5.62. The van der Waals surface area contributed by atoms with Crippen LogP contribution >= 0.6 is 0 Å². The molecule has 0 radical (unpaired) electrons. The maximum atomic E-state index is 11.8. The molecular weight excluding hydrogens is 248 g/mol. The lowest BCUT2D eigenvalue weighted by atomic mass is 10.4. The van der Waals surface area contributed by atoms with Gasteiger partial charge in [0.1, 0.15) is 0 Å². The molecule has 0 heterocycles. The highest BCUT2D eigenvalue weighted by Gasteiger charge is 2.51. The molecule has 0 spiro atoms. The van der Waals surface area contributed by atoms with E-state index in [9.17, 15) is 35.9 Å². The van der Waals surface area contributed by atoms with E-state index >= 15 is 0 Å². The molecule has 0 saturated heterocycles. The van der Waals surface area contributed by atoms with Crippen LogP contribution in [0.3, 0.4) is 0 Å². The fraction of sp³-hybridized carbons (Fsp3) is 0.667. The van der Waals surface area contributed by atoms with Crippen LogP contribution in [0, 0.1) is 0 Å². The Morgan fingerprint density at radius 1 is 0.938 bits per heavy atom. The largest absolute Gasteiger partial charge is 0.471 e. The second-order valence-electron chi connectivity index (χ2n) is 2.48. The smallest absolute Gasteiger partial charge is 0.395 e. The summed E-state index contributed by atoms with van der Waals surface area (Å²) in [6, 6.07) is 0. The number of amides is 2. The van der Waals surface area contributed by atoms with Gasteiger partial charge >= 0.3 is 24.2 Å². The number of hydrogen-bond donors (Lipinski definition) is 1. The van der Waals surface area contributed by atoms with Gasteiger partial charge in [-0.1, -0.05) is 0 Å². The number of halogens is 6. The first-order valence-corrected chi connectivity index (χ1v) is 3.62. The lowest BCUT2D eigenvalue weighted by molar-refractivity contribution is -0.204. The monoisotopic (exact) mass is 253 g/mol. The molecule has 0 aromatic carbocycles. The Hall–Kier alpha value is -1.32. The van der Waals surface area contributed by atoms with Crippen molar-refractivity contribution in [3.05, 3.63) is 0 Å². The van der Waals surface area contributed by atoms with Gasteiger partial charge in [0.05, 0.1) is 13.2 Å². The van der Waals surface area contributed by atoms with Crippen LogP contribution < -0.4 is 0 Å². The van der Waals surface area contributed by atoms with Gasteiger partial charge in [-0.2, -0.15) is 26.3 Å². The fourth-order valence-corrected chi connectivity index (χ4v) is 0.701. The Labute approximate surface area is 84.4 Å². The zero-order chi connectivity index (χ0) is 13.1. The highest BCUT2D eigenvalue weighted by Crippen LogP contribution is 2.23. The SMILES string of the molecule is O=C(N(CCO)C(=O)C(F)(F)F)C(F)(F)F. The molecule has 0 atom stereocenters. The Bertz CT molecular complexity index is 257. The summed E-state index contributed by atoms with van der Waals surface area (Å²) < 4.78 is 70.7. The van der Waals surface area contributed by atoms with Crippen molar-refractivity contribution in [2.45, 2.75) is 12.4 Å². The van der Waals surface area contributed by atoms with Gasteiger partial charge in [-0.25, -0.2) is 0 Å². The van der Waals surface area contributed by atoms with Crippen LogP contribution in [0.2, 0.25) is 0 Å². The van der Waals surface area contributed by atoms with Crippen LogP contribution in [-0.4, -0.2) is 47.3 Å². The first-order valence-electron chi connectivity index (χ1n) is 3.62. The molecule has 0 aromatic heterocycles. The van der Waals surface area contributed by atoms with Crippen LogP contribution in [0.25, 0.3) is 0 Å². The lowest BCUT2D eigenvalue weighted by Gasteiger charge is -2.21. The van der Waals surface area contributed by atoms with Crippen LogP contribution in [0.5, 0.6) is 0 Å². The summed E-state index contributed by atoms with van der Waals surface area (Å²) in [5, 5.41) is 8.19. The number of carbonyl (C=O) groups is 2. The summed E-state index contributed by atoms with van der Waals surface area (Å²) in [7, 11) is 0. The third-order valence-electron chi connectivity index (χ3n) is 1.30. The number of nitrogens with zero attached hydrogens (tertiary/aromatic N) is 1. The van der Waals surface area contributed by atoms with Crippen LogP contribution in [0.4, 0.5) is 26.3 Å². The topological polar surface area (TPSA) is 57.6 Å². The Morgan fingerprint density at radius 2 is 1.25 bits per heavy atom. The molecule has 0 unspecified atom stereocenters.